The fourth-order valence-corrected chi connectivity index (χ4v) is 4.34. The van der Waals surface area contributed by atoms with E-state index in [0.29, 0.717) is 37.6 Å². The van der Waals surface area contributed by atoms with Crippen molar-refractivity contribution in [2.45, 2.75) is 24.9 Å². The third-order valence-corrected chi connectivity index (χ3v) is 5.75. The Hall–Kier alpha value is -3.03. The molecule has 0 bridgehead atoms. The number of hydrogen-bond acceptors (Lipinski definition) is 4. The maximum Gasteiger partial charge on any atom is 0.573 e. The fraction of sp³-hybridized carbons (Fsp3) is 0.308. The molecule has 1 fully saturated rings. The minimum absolute atomic E-state index is 0.0389. The number of nitrogens with zero attached hydrogens (tertiary/aromatic N) is 1. The van der Waals surface area contributed by atoms with Crippen molar-refractivity contribution in [3.8, 4) is 11.5 Å². The lowest BCUT2D eigenvalue weighted by Crippen LogP contribution is -2.44. The standard InChI is InChI=1S/C26H26F3NO3/c1-31-23-13-12-22(33-26(27,28)29)16-21(23)17-30-14-15-32-24(18-30)25(19-8-4-2-5-9-19)20-10-6-3-7-11-20/h2-13,16,24-25H,14-15,17-18H2,1H3. The van der Waals surface area contributed by atoms with Crippen LogP contribution in [-0.4, -0.2) is 44.2 Å². The number of benzene rings is 3. The van der Waals surface area contributed by atoms with E-state index < -0.39 is 6.36 Å². The Bertz CT molecular complexity index is 988. The van der Waals surface area contributed by atoms with E-state index >= 15 is 0 Å². The molecular formula is C26H26F3NO3. The SMILES string of the molecule is COc1ccc(OC(F)(F)F)cc1CN1CCOC(C(c2ccccc2)c2ccccc2)C1. The number of methoxy groups -OCH3 is 1. The predicted octanol–water partition coefficient (Wildman–Crippen LogP) is 5.63. The van der Waals surface area contributed by atoms with E-state index in [0.717, 1.165) is 11.1 Å². The molecule has 0 aromatic heterocycles. The number of alkyl halides is 3. The molecule has 174 valence electrons. The Morgan fingerprint density at radius 3 is 2.18 bits per heavy atom. The summed E-state index contributed by atoms with van der Waals surface area (Å²) >= 11 is 0. The monoisotopic (exact) mass is 457 g/mol. The Balaban J connectivity index is 1.56. The van der Waals surface area contributed by atoms with Gasteiger partial charge in [0, 0.05) is 31.1 Å². The van der Waals surface area contributed by atoms with Crippen LogP contribution in [-0.2, 0) is 11.3 Å². The highest BCUT2D eigenvalue weighted by Gasteiger charge is 2.33. The quantitative estimate of drug-likeness (QED) is 0.460. The normalized spacial score (nSPS) is 17.2. The average molecular weight is 457 g/mol. The fourth-order valence-electron chi connectivity index (χ4n) is 4.34. The minimum Gasteiger partial charge on any atom is -0.496 e. The molecule has 1 aliphatic rings. The summed E-state index contributed by atoms with van der Waals surface area (Å²) in [6.45, 7) is 2.25. The van der Waals surface area contributed by atoms with Crippen molar-refractivity contribution in [2.75, 3.05) is 26.8 Å². The number of morpholine rings is 1. The van der Waals surface area contributed by atoms with Crippen LogP contribution in [0.15, 0.2) is 78.9 Å². The predicted molar refractivity (Wildman–Crippen MR) is 119 cm³/mol. The summed E-state index contributed by atoms with van der Waals surface area (Å²) in [5.41, 5.74) is 2.96. The minimum atomic E-state index is -4.74. The Labute approximate surface area is 191 Å². The zero-order valence-corrected chi connectivity index (χ0v) is 18.3. The van der Waals surface area contributed by atoms with Crippen molar-refractivity contribution >= 4 is 0 Å². The lowest BCUT2D eigenvalue weighted by Gasteiger charge is -2.37. The topological polar surface area (TPSA) is 30.9 Å². The molecule has 3 aromatic rings. The molecule has 0 spiro atoms. The summed E-state index contributed by atoms with van der Waals surface area (Å²) in [5.74, 6) is 0.307. The first-order valence-electron chi connectivity index (χ1n) is 10.8. The van der Waals surface area contributed by atoms with Crippen molar-refractivity contribution in [1.29, 1.82) is 0 Å². The molecular weight excluding hydrogens is 431 g/mol. The zero-order chi connectivity index (χ0) is 23.3. The van der Waals surface area contributed by atoms with E-state index in [1.165, 1.54) is 25.3 Å². The van der Waals surface area contributed by atoms with E-state index in [1.54, 1.807) is 0 Å². The molecule has 0 radical (unpaired) electrons. The van der Waals surface area contributed by atoms with Gasteiger partial charge >= 0.3 is 6.36 Å². The zero-order valence-electron chi connectivity index (χ0n) is 18.3. The second-order valence-electron chi connectivity index (χ2n) is 7.96. The Morgan fingerprint density at radius 1 is 0.970 bits per heavy atom. The van der Waals surface area contributed by atoms with Gasteiger partial charge in [0.25, 0.3) is 0 Å². The third-order valence-electron chi connectivity index (χ3n) is 5.75. The van der Waals surface area contributed by atoms with Gasteiger partial charge < -0.3 is 14.2 Å². The molecule has 4 rings (SSSR count). The smallest absolute Gasteiger partial charge is 0.496 e. The third kappa shape index (κ3) is 6.06. The van der Waals surface area contributed by atoms with Gasteiger partial charge in [-0.2, -0.15) is 0 Å². The molecule has 0 amide bonds. The van der Waals surface area contributed by atoms with Crippen LogP contribution in [0.5, 0.6) is 11.5 Å². The number of hydrogen-bond donors (Lipinski definition) is 0. The van der Waals surface area contributed by atoms with Crippen LogP contribution in [0.1, 0.15) is 22.6 Å². The van der Waals surface area contributed by atoms with E-state index in [4.69, 9.17) is 9.47 Å². The molecule has 3 aromatic carbocycles. The van der Waals surface area contributed by atoms with Gasteiger partial charge in [0.2, 0.25) is 0 Å². The second kappa shape index (κ2) is 10.3. The molecule has 7 heteroatoms. The summed E-state index contributed by atoms with van der Waals surface area (Å²) in [7, 11) is 1.51. The second-order valence-corrected chi connectivity index (χ2v) is 7.96. The van der Waals surface area contributed by atoms with Gasteiger partial charge in [-0.25, -0.2) is 0 Å². The van der Waals surface area contributed by atoms with Crippen LogP contribution < -0.4 is 9.47 Å². The number of ether oxygens (including phenoxy) is 3. The highest BCUT2D eigenvalue weighted by molar-refractivity contribution is 5.40. The summed E-state index contributed by atoms with van der Waals surface area (Å²) in [6.07, 6.45) is -4.85. The number of rotatable bonds is 7. The Kier molecular flexibility index (Phi) is 7.20. The summed E-state index contributed by atoms with van der Waals surface area (Å²) in [5, 5.41) is 0. The van der Waals surface area contributed by atoms with Gasteiger partial charge in [-0.05, 0) is 29.3 Å². The van der Waals surface area contributed by atoms with Crippen molar-refractivity contribution in [3.05, 3.63) is 95.6 Å². The van der Waals surface area contributed by atoms with Gasteiger partial charge in [0.05, 0.1) is 19.8 Å². The highest BCUT2D eigenvalue weighted by Crippen LogP contribution is 2.33. The van der Waals surface area contributed by atoms with Crippen LogP contribution in [0.3, 0.4) is 0 Å². The average Bonchev–Trinajstić information content (AvgIpc) is 2.80. The van der Waals surface area contributed by atoms with Crippen LogP contribution in [0, 0.1) is 0 Å². The van der Waals surface area contributed by atoms with Crippen LogP contribution >= 0.6 is 0 Å². The van der Waals surface area contributed by atoms with Crippen LogP contribution in [0.4, 0.5) is 13.2 Å². The number of halogens is 3. The molecule has 33 heavy (non-hydrogen) atoms. The van der Waals surface area contributed by atoms with E-state index in [1.807, 2.05) is 36.4 Å². The maximum absolute atomic E-state index is 12.7. The van der Waals surface area contributed by atoms with Crippen LogP contribution in [0.2, 0.25) is 0 Å². The first-order chi connectivity index (χ1) is 15.9. The van der Waals surface area contributed by atoms with Gasteiger partial charge in [-0.15, -0.1) is 13.2 Å². The van der Waals surface area contributed by atoms with Crippen molar-refractivity contribution in [1.82, 2.24) is 4.90 Å². The molecule has 1 atom stereocenters. The molecule has 0 saturated carbocycles. The first kappa shape index (κ1) is 23.1. The van der Waals surface area contributed by atoms with Crippen molar-refractivity contribution in [2.24, 2.45) is 0 Å². The summed E-state index contributed by atoms with van der Waals surface area (Å²) in [4.78, 5) is 2.18. The van der Waals surface area contributed by atoms with E-state index in [-0.39, 0.29) is 17.8 Å². The lowest BCUT2D eigenvalue weighted by molar-refractivity contribution is -0.274. The van der Waals surface area contributed by atoms with Gasteiger partial charge in [-0.1, -0.05) is 60.7 Å². The molecule has 1 unspecified atom stereocenters. The lowest BCUT2D eigenvalue weighted by atomic mass is 9.85. The highest BCUT2D eigenvalue weighted by atomic mass is 19.4. The van der Waals surface area contributed by atoms with Gasteiger partial charge in [0.15, 0.2) is 0 Å². The van der Waals surface area contributed by atoms with Crippen molar-refractivity contribution in [3.63, 3.8) is 0 Å². The molecule has 4 nitrogen and oxygen atoms in total. The van der Waals surface area contributed by atoms with E-state index in [2.05, 4.69) is 33.9 Å². The molecule has 0 aliphatic carbocycles. The van der Waals surface area contributed by atoms with Crippen LogP contribution in [0.25, 0.3) is 0 Å². The maximum atomic E-state index is 12.7. The molecule has 1 saturated heterocycles. The van der Waals surface area contributed by atoms with Gasteiger partial charge in [0.1, 0.15) is 11.5 Å². The van der Waals surface area contributed by atoms with Crippen molar-refractivity contribution < 1.29 is 27.4 Å². The molecule has 1 aliphatic heterocycles. The molecule has 0 N–H and O–H groups in total. The summed E-state index contributed by atoms with van der Waals surface area (Å²) < 4.78 is 53.8. The first-order valence-corrected chi connectivity index (χ1v) is 10.8. The summed E-state index contributed by atoms with van der Waals surface area (Å²) in [6, 6.07) is 24.6. The molecule has 1 heterocycles. The van der Waals surface area contributed by atoms with Gasteiger partial charge in [-0.3, -0.25) is 4.90 Å². The Morgan fingerprint density at radius 2 is 1.61 bits per heavy atom. The van der Waals surface area contributed by atoms with E-state index in [9.17, 15) is 13.2 Å². The largest absolute Gasteiger partial charge is 0.573 e.